The number of aliphatic hydroxyl groups is 1. The number of nitrogens with zero attached hydrogens (tertiary/aromatic N) is 9. The zero-order valence-electron chi connectivity index (χ0n) is 52.0. The lowest BCUT2D eigenvalue weighted by molar-refractivity contribution is -0.144. The second-order valence-electron chi connectivity index (χ2n) is 24.1. The second kappa shape index (κ2) is 31.2. The van der Waals surface area contributed by atoms with Gasteiger partial charge in [-0.1, -0.05) is 45.0 Å². The summed E-state index contributed by atoms with van der Waals surface area (Å²) in [4.78, 5) is 79.2. The molecular formula is C63H86F2N12O11S. The first-order valence-electron chi connectivity index (χ1n) is 30.9. The van der Waals surface area contributed by atoms with Crippen LogP contribution in [0.15, 0.2) is 54.3 Å². The fraction of sp³-hybridized carbons (Fsp3) is 0.587. The van der Waals surface area contributed by atoms with Crippen molar-refractivity contribution in [1.29, 1.82) is 0 Å². The van der Waals surface area contributed by atoms with Crippen LogP contribution in [0.4, 0.5) is 25.1 Å². The number of anilines is 2. The number of halogens is 2. The number of fused-ring (bicyclic) bond motifs is 2. The van der Waals surface area contributed by atoms with E-state index >= 15 is 0 Å². The van der Waals surface area contributed by atoms with Gasteiger partial charge in [0.05, 0.1) is 113 Å². The Labute approximate surface area is 522 Å². The van der Waals surface area contributed by atoms with E-state index in [4.69, 9.17) is 28.8 Å². The minimum atomic E-state index is -2.71. The van der Waals surface area contributed by atoms with E-state index in [1.165, 1.54) is 4.90 Å². The average molecular weight is 1260 g/mol. The monoisotopic (exact) mass is 1260 g/mol. The normalized spacial score (nSPS) is 17.5. The molecule has 26 heteroatoms. The Bertz CT molecular complexity index is 3200. The molecular weight excluding hydrogens is 1170 g/mol. The van der Waals surface area contributed by atoms with Gasteiger partial charge in [0, 0.05) is 107 Å². The van der Waals surface area contributed by atoms with Crippen LogP contribution in [0.2, 0.25) is 0 Å². The molecule has 5 aromatic rings. The molecule has 3 atom stereocenters. The largest absolute Gasteiger partial charge is 0.391 e. The molecule has 2 saturated heterocycles. The van der Waals surface area contributed by atoms with E-state index in [1.54, 1.807) is 53.5 Å². The number of carbonyl (C=O) groups excluding carboxylic acids is 5. The topological polar surface area (TPSA) is 249 Å². The van der Waals surface area contributed by atoms with Crippen molar-refractivity contribution in [3.8, 4) is 21.6 Å². The maximum atomic E-state index is 14.8. The molecule has 4 aliphatic rings. The van der Waals surface area contributed by atoms with E-state index in [2.05, 4.69) is 35.6 Å². The third-order valence-corrected chi connectivity index (χ3v) is 17.7. The van der Waals surface area contributed by atoms with E-state index in [1.807, 2.05) is 68.4 Å². The molecule has 23 nitrogen and oxygen atoms in total. The van der Waals surface area contributed by atoms with Crippen molar-refractivity contribution in [3.05, 3.63) is 87.9 Å². The second-order valence-corrected chi connectivity index (χ2v) is 24.9. The third kappa shape index (κ3) is 17.1. The van der Waals surface area contributed by atoms with E-state index in [0.29, 0.717) is 121 Å². The molecule has 2 aromatic carbocycles. The number of amides is 6. The van der Waals surface area contributed by atoms with Crippen molar-refractivity contribution in [2.45, 2.75) is 123 Å². The summed E-state index contributed by atoms with van der Waals surface area (Å²) in [5.41, 5.74) is 8.66. The number of aliphatic hydroxyl groups excluding tert-OH is 1. The van der Waals surface area contributed by atoms with Crippen LogP contribution in [0.1, 0.15) is 105 Å². The van der Waals surface area contributed by atoms with Crippen LogP contribution in [-0.4, -0.2) is 198 Å². The van der Waals surface area contributed by atoms with Gasteiger partial charge in [-0.05, 0) is 72.4 Å². The Balaban J connectivity index is 0.613. The summed E-state index contributed by atoms with van der Waals surface area (Å²) in [7, 11) is 3.37. The molecule has 0 radical (unpaired) electrons. The Morgan fingerprint density at radius 3 is 2.10 bits per heavy atom. The van der Waals surface area contributed by atoms with Gasteiger partial charge in [-0.3, -0.25) is 28.5 Å². The van der Waals surface area contributed by atoms with Gasteiger partial charge in [0.15, 0.2) is 5.82 Å². The van der Waals surface area contributed by atoms with Crippen molar-refractivity contribution in [1.82, 2.24) is 55.2 Å². The number of likely N-dealkylation sites (tertiary alicyclic amines) is 2. The van der Waals surface area contributed by atoms with Gasteiger partial charge < -0.3 is 64.3 Å². The third-order valence-electron chi connectivity index (χ3n) is 16.7. The van der Waals surface area contributed by atoms with Gasteiger partial charge in [-0.2, -0.15) is 10.2 Å². The van der Waals surface area contributed by atoms with Crippen LogP contribution >= 0.6 is 11.3 Å². The first kappa shape index (κ1) is 66.5. The number of nitrogens with one attached hydrogen (secondary N) is 3. The van der Waals surface area contributed by atoms with Crippen LogP contribution < -0.4 is 20.9 Å². The lowest BCUT2D eigenvalue weighted by Crippen LogP contribution is -2.57. The Hall–Kier alpha value is -6.94. The lowest BCUT2D eigenvalue weighted by Gasteiger charge is -2.35. The lowest BCUT2D eigenvalue weighted by atomic mass is 9.85. The fourth-order valence-corrected chi connectivity index (χ4v) is 12.8. The number of ether oxygens (including phenoxy) is 5. The first-order chi connectivity index (χ1) is 42.9. The van der Waals surface area contributed by atoms with Crippen LogP contribution in [0.25, 0.3) is 21.6 Å². The summed E-state index contributed by atoms with van der Waals surface area (Å²) in [6.45, 7) is 13.2. The summed E-state index contributed by atoms with van der Waals surface area (Å²) in [6.07, 6.45) is 3.62. The number of hydrogen-bond donors (Lipinski definition) is 4. The zero-order chi connectivity index (χ0) is 63.2. The number of thiazole rings is 1. The number of aryl methyl sites for hydroxylation is 3. The molecule has 0 unspecified atom stereocenters. The number of piperidine rings is 1. The van der Waals surface area contributed by atoms with Crippen LogP contribution in [0.3, 0.4) is 0 Å². The van der Waals surface area contributed by atoms with Crippen molar-refractivity contribution in [2.75, 3.05) is 111 Å². The number of β-amino-alcohol motifs (C(OH)–C–C–N with tert-alkyl or cyclic N) is 1. The Kier molecular flexibility index (Phi) is 23.3. The molecule has 9 rings (SSSR count). The SMILES string of the molecule is CNC(=O)N1CCc2c(c(N3CCCc4cc(-c5cnn(C)c5)c(C(F)F)cc43)nn2C2CCN(C(=O)CCOCCOCCOCCOCCOCCC(=O)N[C@H](C(=O)N3C[C@@H](O)C[C@H]3C(=O)NCc3ccc(-c4scnc4C)cc3)C(C)(C)C)CC2)C1. The highest BCUT2D eigenvalue weighted by Crippen LogP contribution is 2.44. The quantitative estimate of drug-likeness (QED) is 0.0403. The molecule has 0 spiro atoms. The van der Waals surface area contributed by atoms with Crippen molar-refractivity contribution >= 4 is 52.5 Å². The number of hydrogen-bond acceptors (Lipinski definition) is 16. The molecule has 0 aliphatic carbocycles. The number of alkyl halides is 2. The zero-order valence-corrected chi connectivity index (χ0v) is 52.8. The van der Waals surface area contributed by atoms with Crippen molar-refractivity contribution in [3.63, 3.8) is 0 Å². The molecule has 0 saturated carbocycles. The summed E-state index contributed by atoms with van der Waals surface area (Å²) in [5.74, 6) is -0.491. The summed E-state index contributed by atoms with van der Waals surface area (Å²) in [6, 6.07) is 9.32. The number of rotatable bonds is 28. The summed E-state index contributed by atoms with van der Waals surface area (Å²) < 4.78 is 61.5. The van der Waals surface area contributed by atoms with Crippen LogP contribution in [0.5, 0.6) is 0 Å². The van der Waals surface area contributed by atoms with Gasteiger partial charge in [0.1, 0.15) is 12.1 Å². The highest BCUT2D eigenvalue weighted by molar-refractivity contribution is 7.13. The molecule has 6 amide bonds. The molecule has 3 aromatic heterocycles. The average Bonchev–Trinajstić information content (AvgIpc) is 2.54. The fourth-order valence-electron chi connectivity index (χ4n) is 12.0. The van der Waals surface area contributed by atoms with E-state index < -0.39 is 35.9 Å². The maximum absolute atomic E-state index is 14.8. The predicted octanol–water partition coefficient (Wildman–Crippen LogP) is 6.27. The predicted molar refractivity (Wildman–Crippen MR) is 330 cm³/mol. The highest BCUT2D eigenvalue weighted by atomic mass is 32.1. The molecule has 2 fully saturated rings. The maximum Gasteiger partial charge on any atom is 0.317 e. The molecule has 0 bridgehead atoms. The minimum absolute atomic E-state index is 0.00754. The molecule has 89 heavy (non-hydrogen) atoms. The minimum Gasteiger partial charge on any atom is -0.391 e. The number of urea groups is 1. The smallest absolute Gasteiger partial charge is 0.317 e. The standard InChI is InChI=1S/C63H86F2N12O11S/c1-41-56(89-40-68-41)43-11-9-42(10-12-43)35-67-60(81)53-33-47(78)38-76(53)61(82)57(63(2,3)4)70-54(79)16-22-84-24-26-86-28-30-88-31-29-87-27-25-85-23-17-55(80)73-19-13-46(14-20-73)77-51-15-21-74(62(83)66-5)39-50(51)59(71-77)75-18-7-8-44-32-48(45-36-69-72(6)37-45)49(58(64)65)34-52(44)75/h9-12,32,34,36-37,40,46-47,53,57-58,78H,7-8,13-31,33,35,38-39H2,1-6H3,(H,66,83)(H,67,81)(H,70,79)/t47-,53-,57+/m0/s1. The van der Waals surface area contributed by atoms with Gasteiger partial charge in [0.25, 0.3) is 6.43 Å². The van der Waals surface area contributed by atoms with Crippen LogP contribution in [-0.2, 0) is 75.8 Å². The van der Waals surface area contributed by atoms with Crippen LogP contribution in [0, 0.1) is 12.3 Å². The molecule has 484 valence electrons. The molecule has 7 heterocycles. The van der Waals surface area contributed by atoms with Crippen molar-refractivity contribution in [2.24, 2.45) is 12.5 Å². The number of carbonyl (C=O) groups is 5. The van der Waals surface area contributed by atoms with Gasteiger partial charge in [-0.15, -0.1) is 11.3 Å². The number of benzene rings is 2. The number of aromatic nitrogens is 5. The van der Waals surface area contributed by atoms with Gasteiger partial charge >= 0.3 is 6.03 Å². The molecule has 4 aliphatic heterocycles. The highest BCUT2D eigenvalue weighted by Gasteiger charge is 2.45. The van der Waals surface area contributed by atoms with E-state index in [-0.39, 0.29) is 87.5 Å². The van der Waals surface area contributed by atoms with E-state index in [0.717, 1.165) is 51.4 Å². The van der Waals surface area contributed by atoms with Gasteiger partial charge in [0.2, 0.25) is 23.6 Å². The Morgan fingerprint density at radius 1 is 0.831 bits per heavy atom. The first-order valence-corrected chi connectivity index (χ1v) is 31.8. The van der Waals surface area contributed by atoms with Gasteiger partial charge in [-0.25, -0.2) is 18.6 Å². The Morgan fingerprint density at radius 2 is 1.49 bits per heavy atom. The summed E-state index contributed by atoms with van der Waals surface area (Å²) >= 11 is 1.57. The van der Waals surface area contributed by atoms with Crippen molar-refractivity contribution < 1.29 is 61.5 Å². The molecule has 4 N–H and O–H groups in total. The summed E-state index contributed by atoms with van der Waals surface area (Å²) in [5, 5.41) is 28.6. The van der Waals surface area contributed by atoms with E-state index in [9.17, 15) is 37.9 Å².